The number of rotatable bonds is 5. The summed E-state index contributed by atoms with van der Waals surface area (Å²) in [6.45, 7) is 0. The second-order valence-corrected chi connectivity index (χ2v) is 8.12. The molecule has 2 atom stereocenters. The number of aromatic amines is 2. The Labute approximate surface area is 190 Å². The van der Waals surface area contributed by atoms with Crippen molar-refractivity contribution in [3.8, 4) is 11.4 Å². The van der Waals surface area contributed by atoms with Gasteiger partial charge < -0.3 is 21.4 Å². The van der Waals surface area contributed by atoms with Gasteiger partial charge in [0.15, 0.2) is 17.5 Å². The van der Waals surface area contributed by atoms with Gasteiger partial charge in [-0.25, -0.2) is 23.1 Å². The Morgan fingerprint density at radius 3 is 2.74 bits per heavy atom. The van der Waals surface area contributed by atoms with E-state index in [2.05, 4.69) is 40.8 Å². The molecule has 0 bridgehead atoms. The van der Waals surface area contributed by atoms with Gasteiger partial charge in [-0.15, -0.1) is 5.10 Å². The van der Waals surface area contributed by atoms with E-state index in [1.807, 2.05) is 0 Å². The van der Waals surface area contributed by atoms with Crippen molar-refractivity contribution in [2.45, 2.75) is 37.8 Å². The van der Waals surface area contributed by atoms with Gasteiger partial charge in [-0.3, -0.25) is 9.89 Å². The van der Waals surface area contributed by atoms with Crippen molar-refractivity contribution in [2.75, 3.05) is 11.1 Å². The van der Waals surface area contributed by atoms with Crippen LogP contribution in [0.15, 0.2) is 24.5 Å². The van der Waals surface area contributed by atoms with E-state index in [1.54, 1.807) is 0 Å². The maximum Gasteiger partial charge on any atom is 0.288 e. The van der Waals surface area contributed by atoms with Crippen molar-refractivity contribution >= 4 is 28.6 Å². The van der Waals surface area contributed by atoms with Gasteiger partial charge >= 0.3 is 0 Å². The van der Waals surface area contributed by atoms with Crippen LogP contribution in [0.5, 0.6) is 0 Å². The molecule has 0 aliphatic heterocycles. The lowest BCUT2D eigenvalue weighted by molar-refractivity contribution is 0.0916. The number of nitrogens with two attached hydrogens (primary N) is 1. The average molecular weight is 471 g/mol. The Morgan fingerprint density at radius 2 is 1.94 bits per heavy atom. The van der Waals surface area contributed by atoms with Crippen molar-refractivity contribution < 1.29 is 18.0 Å². The molecular formula is C21H20F3N9O. The SMILES string of the molecule is Nc1n[nH]c(C(=O)N[C@@H]2CCC[C@H](Nc3nc(-c4c[nH]c5c(F)cc(F)cc45)ncc3F)C2)n1. The van der Waals surface area contributed by atoms with Crippen molar-refractivity contribution in [1.29, 1.82) is 0 Å². The molecule has 34 heavy (non-hydrogen) atoms. The largest absolute Gasteiger partial charge is 0.366 e. The quantitative estimate of drug-likeness (QED) is 0.300. The number of carbonyl (C=O) groups excluding carboxylic acids is 1. The molecule has 176 valence electrons. The number of H-pyrrole nitrogens is 2. The molecule has 0 spiro atoms. The summed E-state index contributed by atoms with van der Waals surface area (Å²) in [5.74, 6) is -2.50. The standard InChI is InChI=1S/C21H20F3N9O/c22-9-4-12-13(7-26-16(12)14(23)5-9)17-27-8-15(24)18(30-17)28-10-2-1-3-11(6-10)29-20(34)19-31-21(25)33-32-19/h4-5,7-8,10-11,26H,1-3,6H2,(H,29,34)(H,27,28,30)(H3,25,31,32,33)/t10-,11+/m0/s1. The molecule has 4 aromatic rings. The summed E-state index contributed by atoms with van der Waals surface area (Å²) in [5.41, 5.74) is 5.89. The third-order valence-corrected chi connectivity index (χ3v) is 5.76. The number of nitrogens with one attached hydrogen (secondary N) is 4. The normalized spacial score (nSPS) is 18.2. The number of halogens is 3. The third kappa shape index (κ3) is 4.23. The van der Waals surface area contributed by atoms with Crippen LogP contribution in [0.1, 0.15) is 36.3 Å². The molecule has 5 rings (SSSR count). The van der Waals surface area contributed by atoms with Crippen molar-refractivity contribution in [1.82, 2.24) is 35.5 Å². The fraction of sp³-hybridized carbons (Fsp3) is 0.286. The smallest absolute Gasteiger partial charge is 0.288 e. The minimum atomic E-state index is -0.745. The predicted octanol–water partition coefficient (Wildman–Crippen LogP) is 2.90. The van der Waals surface area contributed by atoms with E-state index in [0.29, 0.717) is 12.0 Å². The van der Waals surface area contributed by atoms with Crippen LogP contribution in [0.25, 0.3) is 22.3 Å². The van der Waals surface area contributed by atoms with E-state index in [4.69, 9.17) is 5.73 Å². The van der Waals surface area contributed by atoms with Crippen LogP contribution in [0, 0.1) is 17.5 Å². The third-order valence-electron chi connectivity index (χ3n) is 5.76. The van der Waals surface area contributed by atoms with Gasteiger partial charge in [0.25, 0.3) is 5.91 Å². The lowest BCUT2D eigenvalue weighted by Gasteiger charge is -2.30. The maximum absolute atomic E-state index is 14.5. The number of aromatic nitrogens is 6. The molecule has 10 nitrogen and oxygen atoms in total. The summed E-state index contributed by atoms with van der Waals surface area (Å²) in [5, 5.41) is 12.3. The monoisotopic (exact) mass is 471 g/mol. The van der Waals surface area contributed by atoms with Crippen molar-refractivity contribution in [3.63, 3.8) is 0 Å². The maximum atomic E-state index is 14.5. The summed E-state index contributed by atoms with van der Waals surface area (Å²) in [6, 6.07) is 1.60. The Morgan fingerprint density at radius 1 is 1.12 bits per heavy atom. The number of anilines is 2. The summed E-state index contributed by atoms with van der Waals surface area (Å²) in [7, 11) is 0. The molecule has 6 N–H and O–H groups in total. The summed E-state index contributed by atoms with van der Waals surface area (Å²) in [6.07, 6.45) is 5.27. The van der Waals surface area contributed by atoms with E-state index in [1.165, 1.54) is 12.3 Å². The molecule has 0 radical (unpaired) electrons. The first-order valence-electron chi connectivity index (χ1n) is 10.6. The lowest BCUT2D eigenvalue weighted by atomic mass is 9.91. The zero-order valence-electron chi connectivity index (χ0n) is 17.7. The molecule has 1 fully saturated rings. The van der Waals surface area contributed by atoms with E-state index in [0.717, 1.165) is 31.5 Å². The highest BCUT2D eigenvalue weighted by atomic mass is 19.1. The van der Waals surface area contributed by atoms with Gasteiger partial charge in [0, 0.05) is 35.3 Å². The zero-order chi connectivity index (χ0) is 23.8. The molecule has 3 heterocycles. The minimum Gasteiger partial charge on any atom is -0.366 e. The van der Waals surface area contributed by atoms with Crippen LogP contribution >= 0.6 is 0 Å². The van der Waals surface area contributed by atoms with Crippen LogP contribution in [-0.2, 0) is 0 Å². The molecule has 1 aliphatic carbocycles. The second-order valence-electron chi connectivity index (χ2n) is 8.12. The van der Waals surface area contributed by atoms with E-state index < -0.39 is 23.4 Å². The van der Waals surface area contributed by atoms with Gasteiger partial charge in [-0.05, 0) is 31.7 Å². The fourth-order valence-electron chi connectivity index (χ4n) is 4.21. The fourth-order valence-corrected chi connectivity index (χ4v) is 4.21. The number of benzene rings is 1. The highest BCUT2D eigenvalue weighted by Gasteiger charge is 2.26. The zero-order valence-corrected chi connectivity index (χ0v) is 17.7. The van der Waals surface area contributed by atoms with Gasteiger partial charge in [-0.1, -0.05) is 0 Å². The predicted molar refractivity (Wildman–Crippen MR) is 117 cm³/mol. The first kappa shape index (κ1) is 21.7. The van der Waals surface area contributed by atoms with Crippen LogP contribution in [-0.4, -0.2) is 48.1 Å². The van der Waals surface area contributed by atoms with Gasteiger partial charge in [-0.2, -0.15) is 4.98 Å². The topological polar surface area (TPSA) is 150 Å². The number of hydrogen-bond acceptors (Lipinski definition) is 7. The first-order chi connectivity index (χ1) is 16.4. The molecule has 1 aromatic carbocycles. The average Bonchev–Trinajstić information content (AvgIpc) is 3.42. The number of amides is 1. The minimum absolute atomic E-state index is 0.0191. The van der Waals surface area contributed by atoms with E-state index in [-0.39, 0.29) is 46.4 Å². The molecule has 3 aromatic heterocycles. The Balaban J connectivity index is 1.33. The van der Waals surface area contributed by atoms with Gasteiger partial charge in [0.2, 0.25) is 11.8 Å². The molecule has 1 aliphatic rings. The number of nitrogen functional groups attached to an aromatic ring is 1. The molecule has 0 saturated heterocycles. The number of hydrogen-bond donors (Lipinski definition) is 5. The molecular weight excluding hydrogens is 451 g/mol. The molecule has 13 heteroatoms. The highest BCUT2D eigenvalue weighted by molar-refractivity contribution is 5.94. The van der Waals surface area contributed by atoms with Crippen molar-refractivity contribution in [3.05, 3.63) is 47.8 Å². The van der Waals surface area contributed by atoms with E-state index >= 15 is 0 Å². The Bertz CT molecular complexity index is 1370. The number of nitrogens with zero attached hydrogens (tertiary/aromatic N) is 4. The Kier molecular flexibility index (Phi) is 5.51. The number of fused-ring (bicyclic) bond motifs is 1. The van der Waals surface area contributed by atoms with Crippen LogP contribution in [0.4, 0.5) is 24.9 Å². The molecule has 1 amide bonds. The summed E-state index contributed by atoms with van der Waals surface area (Å²) >= 11 is 0. The Hall–Kier alpha value is -4.16. The second kappa shape index (κ2) is 8.65. The summed E-state index contributed by atoms with van der Waals surface area (Å²) in [4.78, 5) is 27.1. The van der Waals surface area contributed by atoms with Crippen LogP contribution in [0.3, 0.4) is 0 Å². The molecule has 0 unspecified atom stereocenters. The lowest BCUT2D eigenvalue weighted by Crippen LogP contribution is -2.42. The number of carbonyl (C=O) groups is 1. The van der Waals surface area contributed by atoms with Crippen LogP contribution in [0.2, 0.25) is 0 Å². The first-order valence-corrected chi connectivity index (χ1v) is 10.6. The van der Waals surface area contributed by atoms with Gasteiger partial charge in [0.1, 0.15) is 11.6 Å². The van der Waals surface area contributed by atoms with Gasteiger partial charge in [0.05, 0.1) is 11.7 Å². The van der Waals surface area contributed by atoms with E-state index in [9.17, 15) is 18.0 Å². The summed E-state index contributed by atoms with van der Waals surface area (Å²) < 4.78 is 42.3. The van der Waals surface area contributed by atoms with Crippen molar-refractivity contribution in [2.24, 2.45) is 0 Å². The highest BCUT2D eigenvalue weighted by Crippen LogP contribution is 2.30. The molecule has 1 saturated carbocycles. The van der Waals surface area contributed by atoms with Crippen LogP contribution < -0.4 is 16.4 Å².